The minimum Gasteiger partial charge on any atom is -0.464 e. The van der Waals surface area contributed by atoms with Gasteiger partial charge in [-0.3, -0.25) is 5.32 Å². The van der Waals surface area contributed by atoms with Gasteiger partial charge in [0.05, 0.1) is 6.61 Å². The van der Waals surface area contributed by atoms with Crippen LogP contribution in [0.15, 0.2) is 18.2 Å². The number of carbonyl (C=O) groups excluding carboxylic acids is 1. The molecular weight excluding hydrogens is 293 g/mol. The smallest absolute Gasteiger partial charge is 0.330 e. The Bertz CT molecular complexity index is 517. The summed E-state index contributed by atoms with van der Waals surface area (Å²) in [6.07, 6.45) is 4.34. The zero-order valence-corrected chi connectivity index (χ0v) is 13.2. The molecule has 5 heteroatoms. The van der Waals surface area contributed by atoms with E-state index in [1.54, 1.807) is 19.9 Å². The second-order valence-electron chi connectivity index (χ2n) is 5.60. The lowest BCUT2D eigenvalue weighted by atomic mass is 9.90. The van der Waals surface area contributed by atoms with Gasteiger partial charge in [0.15, 0.2) is 0 Å². The molecule has 1 saturated carbocycles. The molecule has 1 unspecified atom stereocenters. The van der Waals surface area contributed by atoms with Crippen LogP contribution in [0.1, 0.15) is 45.1 Å². The Labute approximate surface area is 129 Å². The van der Waals surface area contributed by atoms with Gasteiger partial charge in [-0.2, -0.15) is 0 Å². The lowest BCUT2D eigenvalue weighted by Crippen LogP contribution is -2.51. The van der Waals surface area contributed by atoms with Gasteiger partial charge in [0.2, 0.25) is 0 Å². The maximum absolute atomic E-state index is 13.3. The van der Waals surface area contributed by atoms with Crippen molar-refractivity contribution in [3.63, 3.8) is 0 Å². The molecule has 0 amide bonds. The Hall–Kier alpha value is -1.13. The molecule has 0 bridgehead atoms. The van der Waals surface area contributed by atoms with Crippen molar-refractivity contribution >= 4 is 17.6 Å². The van der Waals surface area contributed by atoms with Crippen LogP contribution < -0.4 is 5.32 Å². The van der Waals surface area contributed by atoms with E-state index in [2.05, 4.69) is 5.32 Å². The van der Waals surface area contributed by atoms with Crippen molar-refractivity contribution in [2.24, 2.45) is 0 Å². The Morgan fingerprint density at radius 3 is 2.71 bits per heavy atom. The average molecular weight is 314 g/mol. The molecule has 1 aliphatic carbocycles. The molecule has 1 aromatic rings. The second-order valence-corrected chi connectivity index (χ2v) is 6.00. The fourth-order valence-corrected chi connectivity index (χ4v) is 3.25. The number of benzene rings is 1. The summed E-state index contributed by atoms with van der Waals surface area (Å²) in [5.74, 6) is -0.804. The van der Waals surface area contributed by atoms with Crippen LogP contribution in [0.4, 0.5) is 4.39 Å². The normalized spacial score (nSPS) is 18.5. The van der Waals surface area contributed by atoms with Gasteiger partial charge in [-0.25, -0.2) is 9.18 Å². The Morgan fingerprint density at radius 1 is 1.48 bits per heavy atom. The maximum atomic E-state index is 13.3. The summed E-state index contributed by atoms with van der Waals surface area (Å²) >= 11 is 6.16. The fraction of sp³-hybridized carbons (Fsp3) is 0.562. The summed E-state index contributed by atoms with van der Waals surface area (Å²) in [4.78, 5) is 12.5. The van der Waals surface area contributed by atoms with Crippen LogP contribution in [0.5, 0.6) is 0 Å². The highest BCUT2D eigenvalue weighted by Crippen LogP contribution is 2.32. The van der Waals surface area contributed by atoms with Crippen LogP contribution in [-0.2, 0) is 15.1 Å². The van der Waals surface area contributed by atoms with E-state index in [1.165, 1.54) is 12.1 Å². The molecule has 1 aliphatic rings. The molecule has 21 heavy (non-hydrogen) atoms. The topological polar surface area (TPSA) is 38.3 Å². The van der Waals surface area contributed by atoms with Gasteiger partial charge >= 0.3 is 5.97 Å². The molecule has 0 aliphatic heterocycles. The van der Waals surface area contributed by atoms with Crippen LogP contribution in [0, 0.1) is 5.82 Å². The zero-order valence-electron chi connectivity index (χ0n) is 12.4. The maximum Gasteiger partial charge on any atom is 0.330 e. The molecular formula is C16H21ClFNO2. The number of hydrogen-bond acceptors (Lipinski definition) is 3. The van der Waals surface area contributed by atoms with Crippen molar-refractivity contribution in [1.29, 1.82) is 0 Å². The molecule has 0 heterocycles. The molecule has 0 aromatic heterocycles. The Balaban J connectivity index is 2.35. The summed E-state index contributed by atoms with van der Waals surface area (Å²) in [7, 11) is 0. The predicted molar refractivity (Wildman–Crippen MR) is 80.8 cm³/mol. The first-order valence-electron chi connectivity index (χ1n) is 7.38. The average Bonchev–Trinajstić information content (AvgIpc) is 2.91. The number of esters is 1. The zero-order chi connectivity index (χ0) is 15.5. The summed E-state index contributed by atoms with van der Waals surface area (Å²) < 4.78 is 18.5. The van der Waals surface area contributed by atoms with Gasteiger partial charge in [-0.1, -0.05) is 30.5 Å². The summed E-state index contributed by atoms with van der Waals surface area (Å²) in [6.45, 7) is 3.81. The monoisotopic (exact) mass is 313 g/mol. The van der Waals surface area contributed by atoms with Gasteiger partial charge in [0.25, 0.3) is 0 Å². The lowest BCUT2D eigenvalue weighted by molar-refractivity contribution is -0.151. The highest BCUT2D eigenvalue weighted by atomic mass is 35.5. The molecule has 116 valence electrons. The first kappa shape index (κ1) is 16.2. The van der Waals surface area contributed by atoms with E-state index in [9.17, 15) is 9.18 Å². The summed E-state index contributed by atoms with van der Waals surface area (Å²) in [5, 5.41) is 3.60. The van der Waals surface area contributed by atoms with Crippen molar-refractivity contribution in [1.82, 2.24) is 5.32 Å². The number of carbonyl (C=O) groups is 1. The van der Waals surface area contributed by atoms with Gasteiger partial charge < -0.3 is 4.74 Å². The molecule has 2 rings (SSSR count). The molecule has 1 N–H and O–H groups in total. The van der Waals surface area contributed by atoms with Crippen molar-refractivity contribution in [3.8, 4) is 0 Å². The second kappa shape index (κ2) is 6.75. The van der Waals surface area contributed by atoms with Crippen LogP contribution in [-0.4, -0.2) is 18.6 Å². The highest BCUT2D eigenvalue weighted by molar-refractivity contribution is 6.31. The third-order valence-corrected chi connectivity index (χ3v) is 4.31. The minimum atomic E-state index is -1.06. The minimum absolute atomic E-state index is 0.232. The molecule has 1 atom stereocenters. The van der Waals surface area contributed by atoms with Gasteiger partial charge in [0, 0.05) is 16.6 Å². The van der Waals surface area contributed by atoms with Crippen LogP contribution in [0.3, 0.4) is 0 Å². The first-order chi connectivity index (χ1) is 9.97. The van der Waals surface area contributed by atoms with Gasteiger partial charge in [0.1, 0.15) is 11.4 Å². The quantitative estimate of drug-likeness (QED) is 0.841. The van der Waals surface area contributed by atoms with Gasteiger partial charge in [-0.15, -0.1) is 0 Å². The Kier molecular flexibility index (Phi) is 5.22. The third-order valence-electron chi connectivity index (χ3n) is 4.00. The fourth-order valence-electron chi connectivity index (χ4n) is 2.90. The number of halogens is 2. The number of rotatable bonds is 5. The van der Waals surface area contributed by atoms with E-state index < -0.39 is 11.4 Å². The number of nitrogens with one attached hydrogen (secondary N) is 1. The summed E-state index contributed by atoms with van der Waals surface area (Å²) in [5.41, 5.74) is -0.508. The first-order valence-corrected chi connectivity index (χ1v) is 7.75. The third kappa shape index (κ3) is 3.55. The van der Waals surface area contributed by atoms with Crippen molar-refractivity contribution < 1.29 is 13.9 Å². The molecule has 1 fully saturated rings. The molecule has 0 radical (unpaired) electrons. The predicted octanol–water partition coefficient (Wildman–Crippen LogP) is 3.79. The van der Waals surface area contributed by atoms with Crippen molar-refractivity contribution in [2.75, 3.05) is 6.61 Å². The molecule has 3 nitrogen and oxygen atoms in total. The van der Waals surface area contributed by atoms with Crippen molar-refractivity contribution in [3.05, 3.63) is 34.6 Å². The van der Waals surface area contributed by atoms with E-state index >= 15 is 0 Å². The van der Waals surface area contributed by atoms with Crippen LogP contribution in [0.2, 0.25) is 5.02 Å². The highest BCUT2D eigenvalue weighted by Gasteiger charge is 2.40. The Morgan fingerprint density at radius 2 is 2.14 bits per heavy atom. The van der Waals surface area contributed by atoms with Crippen LogP contribution >= 0.6 is 11.6 Å². The van der Waals surface area contributed by atoms with E-state index in [-0.39, 0.29) is 17.0 Å². The molecule has 0 saturated heterocycles. The standard InChI is InChI=1S/C16H21ClFNO2/c1-3-21-15(20)16(2,19-12-6-4-5-7-12)13-9-8-11(18)10-14(13)17/h8-10,12,19H,3-7H2,1-2H3. The SMILES string of the molecule is CCOC(=O)C(C)(NC1CCCC1)c1ccc(F)cc1Cl. The number of ether oxygens (including phenoxy) is 1. The lowest BCUT2D eigenvalue weighted by Gasteiger charge is -2.32. The largest absolute Gasteiger partial charge is 0.464 e. The molecule has 1 aromatic carbocycles. The summed E-state index contributed by atoms with van der Waals surface area (Å²) in [6, 6.07) is 4.34. The van der Waals surface area contributed by atoms with E-state index in [0.717, 1.165) is 25.7 Å². The van der Waals surface area contributed by atoms with E-state index in [0.29, 0.717) is 12.2 Å². The van der Waals surface area contributed by atoms with E-state index in [1.807, 2.05) is 0 Å². The van der Waals surface area contributed by atoms with E-state index in [4.69, 9.17) is 16.3 Å². The number of hydrogen-bond donors (Lipinski definition) is 1. The van der Waals surface area contributed by atoms with Crippen LogP contribution in [0.25, 0.3) is 0 Å². The van der Waals surface area contributed by atoms with Crippen molar-refractivity contribution in [2.45, 2.75) is 51.1 Å². The van der Waals surface area contributed by atoms with Gasteiger partial charge in [-0.05, 0) is 38.8 Å². The molecule has 0 spiro atoms.